The quantitative estimate of drug-likeness (QED) is 0.748. The molecule has 2 aliphatic rings. The van der Waals surface area contributed by atoms with Gasteiger partial charge in [0.1, 0.15) is 5.82 Å². The topological polar surface area (TPSA) is 48.0 Å². The summed E-state index contributed by atoms with van der Waals surface area (Å²) in [6, 6.07) is 10.6. The van der Waals surface area contributed by atoms with Crippen molar-refractivity contribution in [3.8, 4) is 17.2 Å². The van der Waals surface area contributed by atoms with Gasteiger partial charge in [-0.1, -0.05) is 12.1 Å². The lowest BCUT2D eigenvalue weighted by Crippen LogP contribution is -2.46. The third kappa shape index (κ3) is 3.52. The number of fused-ring (bicyclic) bond motifs is 2. The molecule has 0 N–H and O–H groups in total. The van der Waals surface area contributed by atoms with Crippen molar-refractivity contribution in [1.29, 1.82) is 0 Å². The largest absolute Gasteiger partial charge is 0.493 e. The van der Waals surface area contributed by atoms with E-state index in [1.807, 2.05) is 17.0 Å². The minimum Gasteiger partial charge on any atom is -0.493 e. The first-order valence-corrected chi connectivity index (χ1v) is 9.93. The predicted octanol–water partition coefficient (Wildman–Crippen LogP) is 4.40. The predicted molar refractivity (Wildman–Crippen MR) is 107 cm³/mol. The van der Waals surface area contributed by atoms with Crippen molar-refractivity contribution < 1.29 is 23.4 Å². The van der Waals surface area contributed by atoms with Gasteiger partial charge >= 0.3 is 0 Å². The van der Waals surface area contributed by atoms with Gasteiger partial charge in [0.05, 0.1) is 21.3 Å². The Morgan fingerprint density at radius 3 is 1.97 bits per heavy atom. The highest BCUT2D eigenvalue weighted by atomic mass is 19.1. The molecule has 0 radical (unpaired) electrons. The van der Waals surface area contributed by atoms with Gasteiger partial charge in [0.25, 0.3) is 5.91 Å². The summed E-state index contributed by atoms with van der Waals surface area (Å²) in [6.45, 7) is 0. The number of ether oxygens (including phenoxy) is 3. The fraction of sp³-hybridized carbons (Fsp3) is 0.435. The summed E-state index contributed by atoms with van der Waals surface area (Å²) in [7, 11) is 4.63. The van der Waals surface area contributed by atoms with E-state index in [1.54, 1.807) is 33.5 Å². The molecule has 0 aliphatic carbocycles. The van der Waals surface area contributed by atoms with Crippen LogP contribution in [0.25, 0.3) is 0 Å². The Hall–Kier alpha value is -2.76. The van der Waals surface area contributed by atoms with Gasteiger partial charge in [-0.25, -0.2) is 4.39 Å². The Bertz CT molecular complexity index is 859. The molecule has 0 saturated carbocycles. The molecule has 154 valence electrons. The second-order valence-electron chi connectivity index (χ2n) is 7.73. The van der Waals surface area contributed by atoms with Crippen molar-refractivity contribution in [2.45, 2.75) is 43.7 Å². The van der Waals surface area contributed by atoms with Crippen molar-refractivity contribution in [1.82, 2.24) is 4.90 Å². The number of benzene rings is 2. The van der Waals surface area contributed by atoms with Gasteiger partial charge < -0.3 is 19.1 Å². The highest BCUT2D eigenvalue weighted by molar-refractivity contribution is 5.96. The first-order valence-electron chi connectivity index (χ1n) is 9.93. The van der Waals surface area contributed by atoms with Crippen LogP contribution in [-0.2, 0) is 0 Å². The van der Waals surface area contributed by atoms with E-state index in [1.165, 1.54) is 12.1 Å². The zero-order valence-corrected chi connectivity index (χ0v) is 17.0. The van der Waals surface area contributed by atoms with E-state index in [9.17, 15) is 9.18 Å². The number of carbonyl (C=O) groups excluding carboxylic acids is 1. The van der Waals surface area contributed by atoms with Crippen LogP contribution >= 0.6 is 0 Å². The molecule has 1 amide bonds. The molecular formula is C23H26FNO4. The van der Waals surface area contributed by atoms with Crippen LogP contribution in [0.4, 0.5) is 4.39 Å². The first kappa shape index (κ1) is 19.6. The number of piperidine rings is 1. The lowest BCUT2D eigenvalue weighted by Gasteiger charge is -2.39. The number of hydrogen-bond acceptors (Lipinski definition) is 4. The van der Waals surface area contributed by atoms with Gasteiger partial charge in [0.15, 0.2) is 11.5 Å². The minimum absolute atomic E-state index is 0.00527. The van der Waals surface area contributed by atoms with E-state index in [2.05, 4.69) is 0 Å². The normalized spacial score (nSPS) is 23.0. The molecule has 0 aromatic heterocycles. The second kappa shape index (κ2) is 7.93. The third-order valence-corrected chi connectivity index (χ3v) is 6.22. The van der Waals surface area contributed by atoms with E-state index in [0.717, 1.165) is 31.2 Å². The van der Waals surface area contributed by atoms with Crippen molar-refractivity contribution in [3.63, 3.8) is 0 Å². The molecule has 5 nitrogen and oxygen atoms in total. The van der Waals surface area contributed by atoms with Crippen LogP contribution in [0.2, 0.25) is 0 Å². The average Bonchev–Trinajstić information content (AvgIpc) is 3.01. The van der Waals surface area contributed by atoms with E-state index < -0.39 is 0 Å². The zero-order valence-electron chi connectivity index (χ0n) is 17.0. The Morgan fingerprint density at radius 2 is 1.48 bits per heavy atom. The lowest BCUT2D eigenvalue weighted by atomic mass is 9.84. The number of methoxy groups -OCH3 is 3. The Labute approximate surface area is 170 Å². The molecular weight excluding hydrogens is 373 g/mol. The smallest absolute Gasteiger partial charge is 0.254 e. The van der Waals surface area contributed by atoms with Crippen LogP contribution in [0.1, 0.15) is 47.5 Å². The molecule has 2 aromatic carbocycles. The summed E-state index contributed by atoms with van der Waals surface area (Å²) in [6.07, 6.45) is 3.80. The fourth-order valence-corrected chi connectivity index (χ4v) is 4.87. The van der Waals surface area contributed by atoms with Crippen molar-refractivity contribution in [3.05, 3.63) is 53.3 Å². The highest BCUT2D eigenvalue weighted by Gasteiger charge is 2.44. The molecule has 2 bridgehead atoms. The summed E-state index contributed by atoms with van der Waals surface area (Å²) >= 11 is 0. The lowest BCUT2D eigenvalue weighted by molar-refractivity contribution is 0.0570. The Balaban J connectivity index is 1.58. The maximum absolute atomic E-state index is 13.4. The molecule has 2 aromatic rings. The van der Waals surface area contributed by atoms with Gasteiger partial charge in [-0.2, -0.15) is 0 Å². The van der Waals surface area contributed by atoms with Crippen LogP contribution in [-0.4, -0.2) is 44.2 Å². The number of amides is 1. The number of hydrogen-bond donors (Lipinski definition) is 0. The molecule has 0 spiro atoms. The second-order valence-corrected chi connectivity index (χ2v) is 7.73. The highest BCUT2D eigenvalue weighted by Crippen LogP contribution is 2.45. The molecule has 2 saturated heterocycles. The molecule has 2 aliphatic heterocycles. The standard InChI is InChI=1S/C23H26FNO4/c1-27-20-12-16(13-21(28-2)22(20)29-3)23(26)25-18-8-9-19(25)11-15(10-18)14-4-6-17(24)7-5-14/h4-7,12-13,15,18-19H,8-11H2,1-3H3. The number of halogens is 1. The van der Waals surface area contributed by atoms with Gasteiger partial charge in [0.2, 0.25) is 5.75 Å². The third-order valence-electron chi connectivity index (χ3n) is 6.22. The summed E-state index contributed by atoms with van der Waals surface area (Å²) in [5.41, 5.74) is 1.69. The van der Waals surface area contributed by atoms with E-state index in [4.69, 9.17) is 14.2 Å². The fourth-order valence-electron chi connectivity index (χ4n) is 4.87. The summed E-state index contributed by atoms with van der Waals surface area (Å²) in [5.74, 6) is 1.56. The van der Waals surface area contributed by atoms with Crippen molar-refractivity contribution in [2.75, 3.05) is 21.3 Å². The van der Waals surface area contributed by atoms with Crippen LogP contribution in [0, 0.1) is 5.82 Å². The number of rotatable bonds is 5. The van der Waals surface area contributed by atoms with Crippen LogP contribution in [0.3, 0.4) is 0 Å². The summed E-state index contributed by atoms with van der Waals surface area (Å²) in [4.78, 5) is 15.4. The molecule has 2 fully saturated rings. The number of nitrogens with zero attached hydrogens (tertiary/aromatic N) is 1. The van der Waals surface area contributed by atoms with E-state index in [-0.39, 0.29) is 23.8 Å². The first-order chi connectivity index (χ1) is 14.0. The SMILES string of the molecule is COc1cc(C(=O)N2C3CCC2CC(c2ccc(F)cc2)C3)cc(OC)c1OC. The van der Waals surface area contributed by atoms with Gasteiger partial charge in [-0.15, -0.1) is 0 Å². The van der Waals surface area contributed by atoms with Crippen molar-refractivity contribution in [2.24, 2.45) is 0 Å². The maximum atomic E-state index is 13.4. The van der Waals surface area contributed by atoms with E-state index >= 15 is 0 Å². The van der Waals surface area contributed by atoms with Crippen LogP contribution in [0.5, 0.6) is 17.2 Å². The molecule has 2 heterocycles. The molecule has 29 heavy (non-hydrogen) atoms. The summed E-state index contributed by atoms with van der Waals surface area (Å²) in [5, 5.41) is 0. The zero-order chi connectivity index (χ0) is 20.5. The van der Waals surface area contributed by atoms with Gasteiger partial charge in [-0.3, -0.25) is 4.79 Å². The minimum atomic E-state index is -0.216. The van der Waals surface area contributed by atoms with Gasteiger partial charge in [-0.05, 0) is 61.4 Å². The average molecular weight is 399 g/mol. The maximum Gasteiger partial charge on any atom is 0.254 e. The van der Waals surface area contributed by atoms with Crippen molar-refractivity contribution >= 4 is 5.91 Å². The van der Waals surface area contributed by atoms with Crippen LogP contribution < -0.4 is 14.2 Å². The molecule has 2 atom stereocenters. The molecule has 2 unspecified atom stereocenters. The van der Waals surface area contributed by atoms with Gasteiger partial charge in [0, 0.05) is 17.6 Å². The van der Waals surface area contributed by atoms with Crippen LogP contribution in [0.15, 0.2) is 36.4 Å². The number of carbonyl (C=O) groups is 1. The molecule has 6 heteroatoms. The molecule has 4 rings (SSSR count). The Kier molecular flexibility index (Phi) is 5.35. The Morgan fingerprint density at radius 1 is 0.931 bits per heavy atom. The summed E-state index contributed by atoms with van der Waals surface area (Å²) < 4.78 is 29.4. The monoisotopic (exact) mass is 399 g/mol. The van der Waals surface area contributed by atoms with E-state index in [0.29, 0.717) is 28.7 Å².